The van der Waals surface area contributed by atoms with Gasteiger partial charge in [-0.3, -0.25) is 4.79 Å². The van der Waals surface area contributed by atoms with E-state index in [1.165, 1.54) is 0 Å². The first-order valence-corrected chi connectivity index (χ1v) is 10.1. The van der Waals surface area contributed by atoms with Gasteiger partial charge in [-0.2, -0.15) is 0 Å². The molecule has 28 heavy (non-hydrogen) atoms. The highest BCUT2D eigenvalue weighted by Gasteiger charge is 2.25. The van der Waals surface area contributed by atoms with E-state index in [0.29, 0.717) is 41.8 Å². The lowest BCUT2D eigenvalue weighted by molar-refractivity contribution is 0.0746. The van der Waals surface area contributed by atoms with E-state index in [1.807, 2.05) is 29.2 Å². The van der Waals surface area contributed by atoms with E-state index in [9.17, 15) is 4.79 Å². The Morgan fingerprint density at radius 2 is 1.57 bits per heavy atom. The highest BCUT2D eigenvalue weighted by atomic mass is 35.5. The minimum atomic E-state index is -0.0515. The van der Waals surface area contributed by atoms with Crippen LogP contribution in [-0.4, -0.2) is 47.0 Å². The fourth-order valence-corrected chi connectivity index (χ4v) is 4.02. The summed E-state index contributed by atoms with van der Waals surface area (Å²) in [5, 5.41) is 0.932. The van der Waals surface area contributed by atoms with Gasteiger partial charge in [0.2, 0.25) is 0 Å². The summed E-state index contributed by atoms with van der Waals surface area (Å²) in [6.07, 6.45) is 0.813. The van der Waals surface area contributed by atoms with Crippen LogP contribution in [0.2, 0.25) is 10.0 Å². The Hall–Kier alpha value is -2.37. The molecule has 4 rings (SSSR count). The Bertz CT molecular complexity index is 1010. The van der Waals surface area contributed by atoms with Gasteiger partial charge in [-0.25, -0.2) is 9.97 Å². The third-order valence-corrected chi connectivity index (χ3v) is 5.37. The molecular formula is C21H20Cl2N4O. The molecule has 2 aromatic carbocycles. The van der Waals surface area contributed by atoms with Gasteiger partial charge in [0.25, 0.3) is 5.91 Å². The van der Waals surface area contributed by atoms with Crippen molar-refractivity contribution in [2.45, 2.75) is 13.3 Å². The number of piperazine rings is 1. The molecule has 2 heterocycles. The minimum absolute atomic E-state index is 0.0515. The van der Waals surface area contributed by atoms with E-state index in [0.717, 1.165) is 29.0 Å². The smallest absolute Gasteiger partial charge is 0.254 e. The van der Waals surface area contributed by atoms with Gasteiger partial charge < -0.3 is 9.80 Å². The quantitative estimate of drug-likeness (QED) is 0.634. The van der Waals surface area contributed by atoms with Crippen molar-refractivity contribution >= 4 is 46.0 Å². The molecule has 1 saturated heterocycles. The molecule has 7 heteroatoms. The number of carbonyl (C=O) groups is 1. The topological polar surface area (TPSA) is 49.3 Å². The molecule has 0 bridgehead atoms. The summed E-state index contributed by atoms with van der Waals surface area (Å²) in [5.41, 5.74) is 3.31. The molecule has 0 spiro atoms. The molecule has 1 amide bonds. The first-order chi connectivity index (χ1) is 13.5. The van der Waals surface area contributed by atoms with E-state index >= 15 is 0 Å². The molecule has 0 N–H and O–H groups in total. The van der Waals surface area contributed by atoms with Crippen LogP contribution in [0.1, 0.15) is 23.0 Å². The largest absolute Gasteiger partial charge is 0.352 e. The highest BCUT2D eigenvalue weighted by Crippen LogP contribution is 2.24. The lowest BCUT2D eigenvalue weighted by atomic mass is 10.1. The van der Waals surface area contributed by atoms with Crippen molar-refractivity contribution in [1.82, 2.24) is 14.9 Å². The van der Waals surface area contributed by atoms with Gasteiger partial charge >= 0.3 is 0 Å². The van der Waals surface area contributed by atoms with Crippen LogP contribution in [-0.2, 0) is 6.42 Å². The number of benzene rings is 2. The number of fused-ring (bicyclic) bond motifs is 1. The number of amides is 1. The maximum Gasteiger partial charge on any atom is 0.254 e. The zero-order valence-electron chi connectivity index (χ0n) is 15.5. The third kappa shape index (κ3) is 3.77. The molecule has 0 aliphatic carbocycles. The van der Waals surface area contributed by atoms with Crippen molar-refractivity contribution < 1.29 is 4.79 Å². The zero-order chi connectivity index (χ0) is 19.7. The fraction of sp³-hybridized carbons (Fsp3) is 0.286. The number of hydrogen-bond donors (Lipinski definition) is 0. The summed E-state index contributed by atoms with van der Waals surface area (Å²) in [6, 6.07) is 12.9. The summed E-state index contributed by atoms with van der Waals surface area (Å²) in [4.78, 5) is 26.5. The van der Waals surface area contributed by atoms with E-state index in [4.69, 9.17) is 33.2 Å². The Morgan fingerprint density at radius 1 is 0.964 bits per heavy atom. The first kappa shape index (κ1) is 19.0. The normalized spacial score (nSPS) is 14.5. The van der Waals surface area contributed by atoms with Gasteiger partial charge in [-0.1, -0.05) is 42.3 Å². The highest BCUT2D eigenvalue weighted by molar-refractivity contribution is 6.35. The maximum absolute atomic E-state index is 12.8. The summed E-state index contributed by atoms with van der Waals surface area (Å²) in [5.74, 6) is 0.864. The van der Waals surface area contributed by atoms with E-state index in [-0.39, 0.29) is 5.91 Å². The summed E-state index contributed by atoms with van der Waals surface area (Å²) < 4.78 is 0. The number of nitrogens with zero attached hydrogens (tertiary/aromatic N) is 4. The molecule has 3 aromatic rings. The second-order valence-electron chi connectivity index (χ2n) is 6.77. The standard InChI is InChI=1S/C21H20Cl2N4O/c1-2-17-20(25-19-6-4-3-5-18(19)24-17)26-7-9-27(10-8-26)21(28)14-11-15(22)13-16(23)12-14/h3-6,11-13H,2,7-10H2,1H3. The van der Waals surface area contributed by atoms with Crippen molar-refractivity contribution in [1.29, 1.82) is 0 Å². The van der Waals surface area contributed by atoms with Gasteiger partial charge in [0.1, 0.15) is 0 Å². The Kier molecular flexibility index (Phi) is 5.38. The van der Waals surface area contributed by atoms with Crippen molar-refractivity contribution in [3.8, 4) is 0 Å². The summed E-state index contributed by atoms with van der Waals surface area (Å²) >= 11 is 12.1. The summed E-state index contributed by atoms with van der Waals surface area (Å²) in [7, 11) is 0. The van der Waals surface area contributed by atoms with Crippen LogP contribution < -0.4 is 4.90 Å². The van der Waals surface area contributed by atoms with Crippen LogP contribution in [0.5, 0.6) is 0 Å². The van der Waals surface area contributed by atoms with Crippen molar-refractivity contribution in [3.63, 3.8) is 0 Å². The monoisotopic (exact) mass is 414 g/mol. The number of hydrogen-bond acceptors (Lipinski definition) is 4. The zero-order valence-corrected chi connectivity index (χ0v) is 17.0. The third-order valence-electron chi connectivity index (χ3n) is 4.93. The fourth-order valence-electron chi connectivity index (χ4n) is 3.50. The molecule has 0 radical (unpaired) electrons. The molecule has 0 unspecified atom stereocenters. The number of carbonyl (C=O) groups excluding carboxylic acids is 1. The first-order valence-electron chi connectivity index (χ1n) is 9.31. The summed E-state index contributed by atoms with van der Waals surface area (Å²) in [6.45, 7) is 4.73. The average molecular weight is 415 g/mol. The van der Waals surface area contributed by atoms with Gasteiger partial charge in [0.15, 0.2) is 5.82 Å². The number of halogens is 2. The molecule has 0 saturated carbocycles. The predicted octanol–water partition coefficient (Wildman–Crippen LogP) is 4.46. The van der Waals surface area contributed by atoms with Crippen LogP contribution in [0.4, 0.5) is 5.82 Å². The molecule has 144 valence electrons. The Labute approximate surface area is 173 Å². The van der Waals surface area contributed by atoms with E-state index < -0.39 is 0 Å². The Balaban J connectivity index is 1.52. The molecule has 0 atom stereocenters. The molecular weight excluding hydrogens is 395 g/mol. The number of aryl methyl sites for hydroxylation is 1. The van der Waals surface area contributed by atoms with Crippen LogP contribution in [0.25, 0.3) is 11.0 Å². The van der Waals surface area contributed by atoms with E-state index in [2.05, 4.69) is 11.8 Å². The average Bonchev–Trinajstić information content (AvgIpc) is 2.71. The number of aromatic nitrogens is 2. The minimum Gasteiger partial charge on any atom is -0.352 e. The predicted molar refractivity (Wildman–Crippen MR) is 113 cm³/mol. The maximum atomic E-state index is 12.8. The molecule has 1 fully saturated rings. The van der Waals surface area contributed by atoms with Crippen molar-refractivity contribution in [2.75, 3.05) is 31.1 Å². The Morgan fingerprint density at radius 3 is 2.18 bits per heavy atom. The number of rotatable bonds is 3. The molecule has 1 aliphatic heterocycles. The van der Waals surface area contributed by atoms with Gasteiger partial charge in [0.05, 0.1) is 16.7 Å². The lowest BCUT2D eigenvalue weighted by Gasteiger charge is -2.36. The van der Waals surface area contributed by atoms with Crippen LogP contribution in [0.15, 0.2) is 42.5 Å². The number of para-hydroxylation sites is 2. The second-order valence-corrected chi connectivity index (χ2v) is 7.65. The number of anilines is 1. The van der Waals surface area contributed by atoms with Gasteiger partial charge in [-0.15, -0.1) is 0 Å². The molecule has 1 aliphatic rings. The van der Waals surface area contributed by atoms with Crippen molar-refractivity contribution in [3.05, 3.63) is 63.8 Å². The van der Waals surface area contributed by atoms with E-state index in [1.54, 1.807) is 18.2 Å². The molecule has 5 nitrogen and oxygen atoms in total. The second kappa shape index (κ2) is 7.94. The van der Waals surface area contributed by atoms with Gasteiger partial charge in [0, 0.05) is 41.8 Å². The van der Waals surface area contributed by atoms with Crippen LogP contribution in [0.3, 0.4) is 0 Å². The molecule has 1 aromatic heterocycles. The van der Waals surface area contributed by atoms with Gasteiger partial charge in [-0.05, 0) is 36.8 Å². The van der Waals surface area contributed by atoms with Crippen molar-refractivity contribution in [2.24, 2.45) is 0 Å². The lowest BCUT2D eigenvalue weighted by Crippen LogP contribution is -2.49. The SMILES string of the molecule is CCc1nc2ccccc2nc1N1CCN(C(=O)c2cc(Cl)cc(Cl)c2)CC1. The van der Waals surface area contributed by atoms with Crippen LogP contribution in [0, 0.1) is 0 Å². The van der Waals surface area contributed by atoms with Crippen LogP contribution >= 0.6 is 23.2 Å².